The Kier molecular flexibility index (Phi) is 1.66. The second kappa shape index (κ2) is 2.54. The minimum absolute atomic E-state index is 0.291. The van der Waals surface area contributed by atoms with Gasteiger partial charge in [0.2, 0.25) is 5.91 Å². The van der Waals surface area contributed by atoms with E-state index in [-0.39, 0.29) is 11.7 Å². The summed E-state index contributed by atoms with van der Waals surface area (Å²) < 4.78 is 13.1. The van der Waals surface area contributed by atoms with Gasteiger partial charge >= 0.3 is 0 Å². The van der Waals surface area contributed by atoms with Crippen LogP contribution in [0.2, 0.25) is 0 Å². The van der Waals surface area contributed by atoms with Gasteiger partial charge in [0.15, 0.2) is 0 Å². The third-order valence-corrected chi connectivity index (χ3v) is 2.57. The minimum Gasteiger partial charge on any atom is -0.324 e. The first-order valence-electron chi connectivity index (χ1n) is 4.34. The molecule has 1 aliphatic rings. The van der Waals surface area contributed by atoms with E-state index in [1.54, 1.807) is 13.8 Å². The predicted octanol–water partition coefficient (Wildman–Crippen LogP) is 1.26. The van der Waals surface area contributed by atoms with Crippen molar-refractivity contribution >= 4 is 11.6 Å². The van der Waals surface area contributed by atoms with Crippen LogP contribution < -0.4 is 11.1 Å². The lowest BCUT2D eigenvalue weighted by Crippen LogP contribution is -2.40. The molecule has 3 N–H and O–H groups in total. The van der Waals surface area contributed by atoms with Crippen LogP contribution in [0, 0.1) is 12.7 Å². The van der Waals surface area contributed by atoms with Crippen LogP contribution in [0.5, 0.6) is 0 Å². The first-order valence-corrected chi connectivity index (χ1v) is 4.34. The Hall–Kier alpha value is -1.42. The zero-order valence-corrected chi connectivity index (χ0v) is 8.02. The number of benzene rings is 1. The van der Waals surface area contributed by atoms with Crippen LogP contribution in [0.4, 0.5) is 10.1 Å². The number of halogens is 1. The lowest BCUT2D eigenvalue weighted by atomic mass is 9.93. The molecule has 0 unspecified atom stereocenters. The van der Waals surface area contributed by atoms with Gasteiger partial charge in [-0.05, 0) is 31.5 Å². The fourth-order valence-corrected chi connectivity index (χ4v) is 1.68. The second-order valence-electron chi connectivity index (χ2n) is 3.80. The van der Waals surface area contributed by atoms with Crippen molar-refractivity contribution in [2.75, 3.05) is 5.32 Å². The molecule has 1 heterocycles. The summed E-state index contributed by atoms with van der Waals surface area (Å²) in [5.74, 6) is -0.657. The largest absolute Gasteiger partial charge is 0.324 e. The molecule has 1 amide bonds. The minimum atomic E-state index is -1.12. The lowest BCUT2D eigenvalue weighted by molar-refractivity contribution is -0.120. The van der Waals surface area contributed by atoms with Crippen LogP contribution in [0.25, 0.3) is 0 Å². The molecule has 1 aromatic carbocycles. The Bertz CT molecular complexity index is 426. The van der Waals surface area contributed by atoms with E-state index < -0.39 is 5.54 Å². The van der Waals surface area contributed by atoms with Gasteiger partial charge in [0.05, 0.1) is 0 Å². The first kappa shape index (κ1) is 9.15. The zero-order valence-electron chi connectivity index (χ0n) is 8.02. The van der Waals surface area contributed by atoms with Crippen LogP contribution in [0.1, 0.15) is 18.1 Å². The number of rotatable bonds is 0. The van der Waals surface area contributed by atoms with Gasteiger partial charge in [-0.25, -0.2) is 4.39 Å². The van der Waals surface area contributed by atoms with Gasteiger partial charge < -0.3 is 11.1 Å². The van der Waals surface area contributed by atoms with Crippen molar-refractivity contribution in [1.29, 1.82) is 0 Å². The molecule has 0 fully saturated rings. The summed E-state index contributed by atoms with van der Waals surface area (Å²) in [4.78, 5) is 11.5. The van der Waals surface area contributed by atoms with Gasteiger partial charge in [-0.15, -0.1) is 0 Å². The van der Waals surface area contributed by atoms with Crippen molar-refractivity contribution in [2.45, 2.75) is 19.4 Å². The highest BCUT2D eigenvalue weighted by atomic mass is 19.1. The molecule has 14 heavy (non-hydrogen) atoms. The lowest BCUT2D eigenvalue weighted by Gasteiger charge is -2.15. The Morgan fingerprint density at radius 3 is 2.79 bits per heavy atom. The first-order chi connectivity index (χ1) is 6.43. The van der Waals surface area contributed by atoms with E-state index in [4.69, 9.17) is 5.73 Å². The molecule has 1 atom stereocenters. The van der Waals surface area contributed by atoms with Crippen LogP contribution in [0.3, 0.4) is 0 Å². The zero-order chi connectivity index (χ0) is 10.5. The average molecular weight is 194 g/mol. The summed E-state index contributed by atoms with van der Waals surface area (Å²) >= 11 is 0. The van der Waals surface area contributed by atoms with Crippen molar-refractivity contribution < 1.29 is 9.18 Å². The standard InChI is InChI=1S/C10H11FN2O/c1-5-3-6(11)4-7-8(5)13-9(14)10(7,2)12/h3-4H,12H2,1-2H3,(H,13,14)/t10-/m1/s1. The molecule has 1 aliphatic heterocycles. The molecule has 0 saturated carbocycles. The SMILES string of the molecule is Cc1cc(F)cc2c1NC(=O)[C@]2(C)N. The summed E-state index contributed by atoms with van der Waals surface area (Å²) in [5, 5.41) is 2.65. The second-order valence-corrected chi connectivity index (χ2v) is 3.80. The van der Waals surface area contributed by atoms with Crippen molar-refractivity contribution in [3.63, 3.8) is 0 Å². The molecule has 0 spiro atoms. The normalized spacial score (nSPS) is 24.7. The van der Waals surface area contributed by atoms with Crippen LogP contribution in [0.15, 0.2) is 12.1 Å². The maximum absolute atomic E-state index is 13.1. The molecular formula is C10H11FN2O. The topological polar surface area (TPSA) is 55.1 Å². The van der Waals surface area contributed by atoms with Crippen LogP contribution >= 0.6 is 0 Å². The highest BCUT2D eigenvalue weighted by molar-refractivity contribution is 6.06. The van der Waals surface area contributed by atoms with Crippen molar-refractivity contribution in [1.82, 2.24) is 0 Å². The Labute approximate surface area is 81.1 Å². The van der Waals surface area contributed by atoms with Gasteiger partial charge in [0, 0.05) is 11.3 Å². The molecule has 2 rings (SSSR count). The monoisotopic (exact) mass is 194 g/mol. The quantitative estimate of drug-likeness (QED) is 0.653. The molecule has 0 radical (unpaired) electrons. The maximum Gasteiger partial charge on any atom is 0.248 e. The van der Waals surface area contributed by atoms with Gasteiger partial charge in [-0.2, -0.15) is 0 Å². The molecule has 0 saturated heterocycles. The average Bonchev–Trinajstić information content (AvgIpc) is 2.28. The van der Waals surface area contributed by atoms with E-state index in [2.05, 4.69) is 5.32 Å². The molecule has 4 heteroatoms. The van der Waals surface area contributed by atoms with Crippen molar-refractivity contribution in [2.24, 2.45) is 5.73 Å². The van der Waals surface area contributed by atoms with Crippen LogP contribution in [-0.2, 0) is 10.3 Å². The highest BCUT2D eigenvalue weighted by Crippen LogP contribution is 2.36. The van der Waals surface area contributed by atoms with Gasteiger partial charge in [0.25, 0.3) is 0 Å². The molecule has 0 bridgehead atoms. The molecule has 0 aliphatic carbocycles. The fourth-order valence-electron chi connectivity index (χ4n) is 1.68. The summed E-state index contributed by atoms with van der Waals surface area (Å²) in [5.41, 5.74) is 6.53. The maximum atomic E-state index is 13.1. The summed E-state index contributed by atoms with van der Waals surface area (Å²) in [6.45, 7) is 3.32. The van der Waals surface area contributed by atoms with E-state index in [1.165, 1.54) is 12.1 Å². The summed E-state index contributed by atoms with van der Waals surface area (Å²) in [6.07, 6.45) is 0. The van der Waals surface area contributed by atoms with Crippen molar-refractivity contribution in [3.05, 3.63) is 29.1 Å². The third kappa shape index (κ3) is 1.04. The van der Waals surface area contributed by atoms with Gasteiger partial charge in [-0.3, -0.25) is 4.79 Å². The number of anilines is 1. The van der Waals surface area contributed by atoms with E-state index in [0.717, 1.165) is 0 Å². The smallest absolute Gasteiger partial charge is 0.248 e. The number of nitrogens with one attached hydrogen (secondary N) is 1. The number of hydrogen-bond acceptors (Lipinski definition) is 2. The number of nitrogens with two attached hydrogens (primary N) is 1. The summed E-state index contributed by atoms with van der Waals surface area (Å²) in [6, 6.07) is 2.68. The molecular weight excluding hydrogens is 183 g/mol. The molecule has 3 nitrogen and oxygen atoms in total. The molecule has 74 valence electrons. The van der Waals surface area contributed by atoms with E-state index >= 15 is 0 Å². The van der Waals surface area contributed by atoms with E-state index in [1.807, 2.05) is 0 Å². The Morgan fingerprint density at radius 2 is 2.14 bits per heavy atom. The Morgan fingerprint density at radius 1 is 1.50 bits per heavy atom. The summed E-state index contributed by atoms with van der Waals surface area (Å²) in [7, 11) is 0. The predicted molar refractivity (Wildman–Crippen MR) is 51.3 cm³/mol. The number of hydrogen-bond donors (Lipinski definition) is 2. The molecule has 1 aromatic rings. The number of amides is 1. The van der Waals surface area contributed by atoms with Crippen LogP contribution in [-0.4, -0.2) is 5.91 Å². The van der Waals surface area contributed by atoms with Crippen molar-refractivity contribution in [3.8, 4) is 0 Å². The number of fused-ring (bicyclic) bond motifs is 1. The Balaban J connectivity index is 2.71. The van der Waals surface area contributed by atoms with Gasteiger partial charge in [-0.1, -0.05) is 0 Å². The number of carbonyl (C=O) groups is 1. The highest BCUT2D eigenvalue weighted by Gasteiger charge is 2.40. The molecule has 0 aromatic heterocycles. The van der Waals surface area contributed by atoms with E-state index in [0.29, 0.717) is 16.8 Å². The number of carbonyl (C=O) groups excluding carboxylic acids is 1. The van der Waals surface area contributed by atoms with Gasteiger partial charge in [0.1, 0.15) is 11.4 Å². The number of aryl methyl sites for hydroxylation is 1. The fraction of sp³-hybridized carbons (Fsp3) is 0.300. The third-order valence-electron chi connectivity index (χ3n) is 2.57. The van der Waals surface area contributed by atoms with E-state index in [9.17, 15) is 9.18 Å².